The van der Waals surface area contributed by atoms with Crippen molar-refractivity contribution < 1.29 is 27.4 Å². The zero-order chi connectivity index (χ0) is 20.4. The van der Waals surface area contributed by atoms with Crippen LogP contribution in [0.4, 0.5) is 13.2 Å². The highest BCUT2D eigenvalue weighted by molar-refractivity contribution is 5.89. The maximum atomic E-state index is 12.2. The van der Waals surface area contributed by atoms with Crippen molar-refractivity contribution in [3.63, 3.8) is 0 Å². The number of rotatable bonds is 7. The maximum Gasteiger partial charge on any atom is 0.573 e. The minimum Gasteiger partial charge on any atom is -0.459 e. The first-order valence-corrected chi connectivity index (χ1v) is 9.15. The summed E-state index contributed by atoms with van der Waals surface area (Å²) in [5, 5.41) is 8.39. The Bertz CT molecular complexity index is 725. The van der Waals surface area contributed by atoms with Crippen LogP contribution in [-0.4, -0.2) is 18.4 Å². The van der Waals surface area contributed by atoms with Crippen LogP contribution in [0.5, 0.6) is 5.75 Å². The van der Waals surface area contributed by atoms with Gasteiger partial charge in [0.05, 0.1) is 11.6 Å². The van der Waals surface area contributed by atoms with E-state index >= 15 is 0 Å². The lowest BCUT2D eigenvalue weighted by molar-refractivity contribution is -0.274. The number of halogens is 3. The van der Waals surface area contributed by atoms with E-state index in [1.807, 2.05) is 18.2 Å². The Morgan fingerprint density at radius 3 is 2.43 bits per heavy atom. The normalized spacial score (nSPS) is 20.2. The highest BCUT2D eigenvalue weighted by Gasteiger charge is 2.31. The maximum absolute atomic E-state index is 12.2. The quantitative estimate of drug-likeness (QED) is 0.338. The van der Waals surface area contributed by atoms with E-state index in [1.54, 1.807) is 6.08 Å². The molecule has 0 amide bonds. The fraction of sp³-hybridized carbons (Fsp3) is 0.429. The second kappa shape index (κ2) is 10.5. The molecule has 0 bridgehead atoms. The standard InChI is InChI=1S/C21H22F3NO3/c22-21(23,24)28-19-13-9-17(10-14-19)20(26)27-18-11-7-16(8-12-18)6-4-2-1-3-5-15-25/h1-3,5,9-10,13-14,16,18H,4,6-8,11-12H2/b2-1+,5-3?. The van der Waals surface area contributed by atoms with Crippen molar-refractivity contribution in [2.75, 3.05) is 0 Å². The van der Waals surface area contributed by atoms with Crippen molar-refractivity contribution in [1.29, 1.82) is 5.26 Å². The molecule has 0 spiro atoms. The van der Waals surface area contributed by atoms with E-state index in [0.29, 0.717) is 5.92 Å². The summed E-state index contributed by atoms with van der Waals surface area (Å²) in [6.45, 7) is 0. The molecule has 0 atom stereocenters. The van der Waals surface area contributed by atoms with Gasteiger partial charge in [0.15, 0.2) is 0 Å². The number of allylic oxidation sites excluding steroid dienone is 4. The van der Waals surface area contributed by atoms with Gasteiger partial charge in [-0.3, -0.25) is 0 Å². The Morgan fingerprint density at radius 2 is 1.82 bits per heavy atom. The van der Waals surface area contributed by atoms with Gasteiger partial charge in [-0.05, 0) is 68.7 Å². The zero-order valence-corrected chi connectivity index (χ0v) is 15.3. The largest absolute Gasteiger partial charge is 0.573 e. The van der Waals surface area contributed by atoms with Gasteiger partial charge in [-0.1, -0.05) is 18.2 Å². The first kappa shape index (κ1) is 21.5. The van der Waals surface area contributed by atoms with Gasteiger partial charge in [0.2, 0.25) is 0 Å². The highest BCUT2D eigenvalue weighted by atomic mass is 19.4. The molecule has 1 aliphatic carbocycles. The van der Waals surface area contributed by atoms with Crippen LogP contribution in [-0.2, 0) is 4.74 Å². The Balaban J connectivity index is 1.72. The number of nitriles is 1. The van der Waals surface area contributed by atoms with Gasteiger partial charge >= 0.3 is 12.3 Å². The van der Waals surface area contributed by atoms with Crippen LogP contribution in [0.2, 0.25) is 0 Å². The molecule has 1 saturated carbocycles. The fourth-order valence-corrected chi connectivity index (χ4v) is 3.16. The zero-order valence-electron chi connectivity index (χ0n) is 15.3. The summed E-state index contributed by atoms with van der Waals surface area (Å²) in [6, 6.07) is 6.65. The lowest BCUT2D eigenvalue weighted by Gasteiger charge is -2.28. The van der Waals surface area contributed by atoms with Gasteiger partial charge in [-0.2, -0.15) is 5.26 Å². The molecule has 150 valence electrons. The van der Waals surface area contributed by atoms with Gasteiger partial charge in [0.1, 0.15) is 11.9 Å². The molecule has 0 heterocycles. The summed E-state index contributed by atoms with van der Waals surface area (Å²) in [6.07, 6.45) is 7.60. The number of carbonyl (C=O) groups is 1. The van der Waals surface area contributed by atoms with Crippen LogP contribution >= 0.6 is 0 Å². The minimum absolute atomic E-state index is 0.163. The fourth-order valence-electron chi connectivity index (χ4n) is 3.16. The van der Waals surface area contributed by atoms with Crippen molar-refractivity contribution in [3.05, 3.63) is 54.1 Å². The summed E-state index contributed by atoms with van der Waals surface area (Å²) in [5.41, 5.74) is 0.201. The van der Waals surface area contributed by atoms with E-state index in [0.717, 1.165) is 50.7 Å². The molecule has 0 aromatic heterocycles. The van der Waals surface area contributed by atoms with Crippen LogP contribution in [0.3, 0.4) is 0 Å². The van der Waals surface area contributed by atoms with Gasteiger partial charge in [-0.15, -0.1) is 13.2 Å². The van der Waals surface area contributed by atoms with E-state index < -0.39 is 12.3 Å². The van der Waals surface area contributed by atoms with Gasteiger partial charge in [-0.25, -0.2) is 4.79 Å². The molecule has 0 N–H and O–H groups in total. The summed E-state index contributed by atoms with van der Waals surface area (Å²) in [4.78, 5) is 12.2. The monoisotopic (exact) mass is 393 g/mol. The number of nitrogens with zero attached hydrogens (tertiary/aromatic N) is 1. The topological polar surface area (TPSA) is 59.3 Å². The summed E-state index contributed by atoms with van der Waals surface area (Å²) >= 11 is 0. The van der Waals surface area contributed by atoms with Gasteiger partial charge < -0.3 is 9.47 Å². The van der Waals surface area contributed by atoms with E-state index in [4.69, 9.17) is 10.00 Å². The molecule has 0 aliphatic heterocycles. The molecule has 2 rings (SSSR count). The second-order valence-corrected chi connectivity index (χ2v) is 6.61. The smallest absolute Gasteiger partial charge is 0.459 e. The second-order valence-electron chi connectivity index (χ2n) is 6.61. The molecule has 7 heteroatoms. The highest BCUT2D eigenvalue weighted by Crippen LogP contribution is 2.30. The third-order valence-corrected chi connectivity index (χ3v) is 4.55. The first-order valence-electron chi connectivity index (χ1n) is 9.15. The number of ether oxygens (including phenoxy) is 2. The molecule has 28 heavy (non-hydrogen) atoms. The van der Waals surface area contributed by atoms with E-state index in [2.05, 4.69) is 4.74 Å². The van der Waals surface area contributed by atoms with Crippen molar-refractivity contribution >= 4 is 5.97 Å². The Labute approximate surface area is 162 Å². The molecular formula is C21H22F3NO3. The Morgan fingerprint density at radius 1 is 1.14 bits per heavy atom. The lowest BCUT2D eigenvalue weighted by atomic mass is 9.84. The minimum atomic E-state index is -4.76. The summed E-state index contributed by atoms with van der Waals surface area (Å²) in [7, 11) is 0. The molecule has 1 aliphatic rings. The van der Waals surface area contributed by atoms with Crippen LogP contribution in [0.25, 0.3) is 0 Å². The molecule has 1 fully saturated rings. The van der Waals surface area contributed by atoms with Crippen LogP contribution < -0.4 is 4.74 Å². The molecule has 0 saturated heterocycles. The summed E-state index contributed by atoms with van der Waals surface area (Å²) < 4.78 is 45.7. The number of esters is 1. The molecule has 4 nitrogen and oxygen atoms in total. The number of benzene rings is 1. The average molecular weight is 393 g/mol. The SMILES string of the molecule is N#CC=C/C=C/CCC1CCC(OC(=O)c2ccc(OC(F)(F)F)cc2)CC1. The number of hydrogen-bond donors (Lipinski definition) is 0. The lowest BCUT2D eigenvalue weighted by Crippen LogP contribution is -2.24. The Hall–Kier alpha value is -2.75. The third-order valence-electron chi connectivity index (χ3n) is 4.55. The number of alkyl halides is 3. The van der Waals surface area contributed by atoms with Crippen molar-refractivity contribution in [2.45, 2.75) is 51.0 Å². The van der Waals surface area contributed by atoms with Crippen LogP contribution in [0, 0.1) is 17.2 Å². The van der Waals surface area contributed by atoms with Crippen LogP contribution in [0.1, 0.15) is 48.9 Å². The molecule has 0 radical (unpaired) electrons. The van der Waals surface area contributed by atoms with Gasteiger partial charge in [0, 0.05) is 6.08 Å². The predicted octanol–water partition coefficient (Wildman–Crippen LogP) is 5.72. The average Bonchev–Trinajstić information content (AvgIpc) is 2.65. The molecular weight excluding hydrogens is 371 g/mol. The molecule has 1 aromatic carbocycles. The Kier molecular flexibility index (Phi) is 8.12. The first-order chi connectivity index (χ1) is 13.4. The van der Waals surface area contributed by atoms with Gasteiger partial charge in [0.25, 0.3) is 0 Å². The predicted molar refractivity (Wildman–Crippen MR) is 97.4 cm³/mol. The van der Waals surface area contributed by atoms with E-state index in [9.17, 15) is 18.0 Å². The number of hydrogen-bond acceptors (Lipinski definition) is 4. The summed E-state index contributed by atoms with van der Waals surface area (Å²) in [5.74, 6) is -0.325. The number of carbonyl (C=O) groups excluding carboxylic acids is 1. The van der Waals surface area contributed by atoms with Crippen molar-refractivity contribution in [3.8, 4) is 11.8 Å². The third kappa shape index (κ3) is 7.87. The molecule has 0 unspecified atom stereocenters. The van der Waals surface area contributed by atoms with E-state index in [1.165, 1.54) is 18.2 Å². The van der Waals surface area contributed by atoms with Crippen molar-refractivity contribution in [2.24, 2.45) is 5.92 Å². The van der Waals surface area contributed by atoms with Crippen LogP contribution in [0.15, 0.2) is 48.6 Å². The molecule has 1 aromatic rings. The van der Waals surface area contributed by atoms with E-state index in [-0.39, 0.29) is 17.4 Å². The van der Waals surface area contributed by atoms with Crippen molar-refractivity contribution in [1.82, 2.24) is 0 Å².